The van der Waals surface area contributed by atoms with Gasteiger partial charge >= 0.3 is 0 Å². The van der Waals surface area contributed by atoms with Gasteiger partial charge < -0.3 is 19.8 Å². The van der Waals surface area contributed by atoms with Crippen molar-refractivity contribution >= 4 is 33.7 Å². The molecule has 6 nitrogen and oxygen atoms in total. The van der Waals surface area contributed by atoms with Gasteiger partial charge in [-0.2, -0.15) is 0 Å². The van der Waals surface area contributed by atoms with E-state index in [0.717, 1.165) is 17.8 Å². The molecule has 0 spiro atoms. The second-order valence-corrected chi connectivity index (χ2v) is 8.35. The van der Waals surface area contributed by atoms with Gasteiger partial charge in [-0.3, -0.25) is 9.97 Å². The molecule has 0 amide bonds. The number of carbonyl (C=O) groups excluding carboxylic acids is 2. The molecule has 2 aliphatic carbocycles. The van der Waals surface area contributed by atoms with Gasteiger partial charge in [-0.25, -0.2) is 0 Å². The summed E-state index contributed by atoms with van der Waals surface area (Å²) in [5, 5.41) is 25.4. The minimum atomic E-state index is -1.21. The molecule has 2 atom stereocenters. The van der Waals surface area contributed by atoms with Crippen LogP contribution in [0.5, 0.6) is 0 Å². The first-order valence-corrected chi connectivity index (χ1v) is 10.3. The Labute approximate surface area is 177 Å². The molecule has 4 aromatic rings. The molecule has 0 radical (unpaired) electrons. The van der Waals surface area contributed by atoms with E-state index in [-0.39, 0.29) is 23.0 Å². The Hall–Kier alpha value is -3.80. The number of aromatic carboxylic acids is 2. The molecule has 0 unspecified atom stereocenters. The first-order chi connectivity index (χ1) is 15.0. The van der Waals surface area contributed by atoms with Crippen LogP contribution in [0, 0.1) is 0 Å². The monoisotopic (exact) mass is 408 g/mol. The smallest absolute Gasteiger partial charge is 0.0725 e. The molecule has 2 heterocycles. The zero-order valence-corrected chi connectivity index (χ0v) is 16.4. The summed E-state index contributed by atoms with van der Waals surface area (Å²) in [6.45, 7) is 0. The summed E-state index contributed by atoms with van der Waals surface area (Å²) >= 11 is 0. The number of aromatic nitrogens is 2. The predicted molar refractivity (Wildman–Crippen MR) is 110 cm³/mol. The Kier molecular flexibility index (Phi) is 3.69. The van der Waals surface area contributed by atoms with Crippen molar-refractivity contribution in [1.82, 2.24) is 9.97 Å². The number of hydrogen-bond acceptors (Lipinski definition) is 6. The molecule has 0 N–H and O–H groups in total. The SMILES string of the molecule is O=C([O-])c1c2c(nc3ccccc13)[C@@H]1Cc3c(nc4ccccc4c3C(=O)[O-])[C@H](C2)C1. The van der Waals surface area contributed by atoms with Crippen molar-refractivity contribution < 1.29 is 19.8 Å². The number of nitrogens with zero attached hydrogens (tertiary/aromatic N) is 2. The molecule has 2 bridgehead atoms. The maximum Gasteiger partial charge on any atom is 0.0725 e. The summed E-state index contributed by atoms with van der Waals surface area (Å²) in [5.74, 6) is -2.58. The van der Waals surface area contributed by atoms with E-state index in [1.165, 1.54) is 0 Å². The highest BCUT2D eigenvalue weighted by atomic mass is 16.4. The normalized spacial score (nSPS) is 19.1. The number of carboxylic acids is 2. The first-order valence-electron chi connectivity index (χ1n) is 10.3. The number of benzene rings is 2. The van der Waals surface area contributed by atoms with Gasteiger partial charge in [-0.05, 0) is 42.5 Å². The first kappa shape index (κ1) is 18.0. The van der Waals surface area contributed by atoms with Crippen molar-refractivity contribution in [3.05, 3.63) is 82.2 Å². The number of hydrogen-bond donors (Lipinski definition) is 0. The topological polar surface area (TPSA) is 106 Å². The average molecular weight is 408 g/mol. The number of carbonyl (C=O) groups is 2. The van der Waals surface area contributed by atoms with Crippen molar-refractivity contribution in [2.24, 2.45) is 0 Å². The maximum absolute atomic E-state index is 12.1. The van der Waals surface area contributed by atoms with E-state index in [2.05, 4.69) is 0 Å². The van der Waals surface area contributed by atoms with Crippen molar-refractivity contribution in [3.63, 3.8) is 0 Å². The fourth-order valence-corrected chi connectivity index (χ4v) is 5.52. The third-order valence-electron chi connectivity index (χ3n) is 6.70. The molecule has 0 fully saturated rings. The van der Waals surface area contributed by atoms with E-state index in [1.807, 2.05) is 12.1 Å². The van der Waals surface area contributed by atoms with Gasteiger partial charge in [-0.15, -0.1) is 0 Å². The van der Waals surface area contributed by atoms with Gasteiger partial charge in [-0.1, -0.05) is 36.4 Å². The fraction of sp³-hybridized carbons (Fsp3) is 0.200. The van der Waals surface area contributed by atoms with Gasteiger partial charge in [0.05, 0.1) is 23.0 Å². The highest BCUT2D eigenvalue weighted by molar-refractivity contribution is 6.04. The Morgan fingerprint density at radius 2 is 1.13 bits per heavy atom. The molecule has 152 valence electrons. The quantitative estimate of drug-likeness (QED) is 0.501. The molecular weight excluding hydrogens is 392 g/mol. The Bertz CT molecular complexity index is 1330. The van der Waals surface area contributed by atoms with Crippen LogP contribution in [0.25, 0.3) is 21.8 Å². The zero-order valence-electron chi connectivity index (χ0n) is 16.4. The van der Waals surface area contributed by atoms with Crippen LogP contribution < -0.4 is 10.2 Å². The molecule has 0 saturated heterocycles. The number of carboxylic acid groups (broad SMARTS) is 2. The maximum atomic E-state index is 12.1. The van der Waals surface area contributed by atoms with Gasteiger partial charge in [0.25, 0.3) is 0 Å². The Balaban J connectivity index is 1.62. The highest BCUT2D eigenvalue weighted by Crippen LogP contribution is 2.48. The van der Waals surface area contributed by atoms with E-state index in [0.29, 0.717) is 45.8 Å². The van der Waals surface area contributed by atoms with Gasteiger partial charge in [0.2, 0.25) is 0 Å². The molecule has 2 aromatic carbocycles. The van der Waals surface area contributed by atoms with E-state index in [9.17, 15) is 19.8 Å². The largest absolute Gasteiger partial charge is 0.545 e. The lowest BCUT2D eigenvalue weighted by Crippen LogP contribution is -2.34. The average Bonchev–Trinajstić information content (AvgIpc) is 2.76. The second-order valence-electron chi connectivity index (χ2n) is 8.35. The molecule has 0 saturated carbocycles. The Morgan fingerprint density at radius 3 is 1.55 bits per heavy atom. The van der Waals surface area contributed by atoms with Crippen LogP contribution in [0.2, 0.25) is 0 Å². The van der Waals surface area contributed by atoms with Crippen LogP contribution in [-0.4, -0.2) is 21.9 Å². The molecule has 6 heteroatoms. The second kappa shape index (κ2) is 6.35. The summed E-state index contributed by atoms with van der Waals surface area (Å²) in [6, 6.07) is 14.3. The van der Waals surface area contributed by atoms with Crippen molar-refractivity contribution in [2.75, 3.05) is 0 Å². The minimum absolute atomic E-state index is 0.0787. The number of fused-ring (bicyclic) bond motifs is 8. The minimum Gasteiger partial charge on any atom is -0.545 e. The lowest BCUT2D eigenvalue weighted by Gasteiger charge is -2.39. The lowest BCUT2D eigenvalue weighted by molar-refractivity contribution is -0.256. The van der Waals surface area contributed by atoms with Gasteiger partial charge in [0.1, 0.15) is 0 Å². The molecule has 2 aliphatic rings. The molecule has 0 aliphatic heterocycles. The summed E-state index contributed by atoms with van der Waals surface area (Å²) in [7, 11) is 0. The fourth-order valence-electron chi connectivity index (χ4n) is 5.52. The van der Waals surface area contributed by atoms with Crippen molar-refractivity contribution in [1.29, 1.82) is 0 Å². The summed E-state index contributed by atoms with van der Waals surface area (Å²) in [4.78, 5) is 33.9. The number of rotatable bonds is 2. The van der Waals surface area contributed by atoms with Gasteiger partial charge in [0.15, 0.2) is 0 Å². The highest BCUT2D eigenvalue weighted by Gasteiger charge is 2.39. The predicted octanol–water partition coefficient (Wildman–Crippen LogP) is 1.88. The van der Waals surface area contributed by atoms with Crippen molar-refractivity contribution in [2.45, 2.75) is 31.1 Å². The molecule has 2 aromatic heterocycles. The van der Waals surface area contributed by atoms with Crippen LogP contribution >= 0.6 is 0 Å². The van der Waals surface area contributed by atoms with E-state index >= 15 is 0 Å². The molecular formula is C25H16N2O4-2. The van der Waals surface area contributed by atoms with E-state index in [1.54, 1.807) is 36.4 Å². The summed E-state index contributed by atoms with van der Waals surface area (Å²) in [5.41, 5.74) is 4.46. The van der Waals surface area contributed by atoms with Crippen LogP contribution in [0.15, 0.2) is 48.5 Å². The van der Waals surface area contributed by atoms with Crippen LogP contribution in [0.4, 0.5) is 0 Å². The van der Waals surface area contributed by atoms with Crippen molar-refractivity contribution in [3.8, 4) is 0 Å². The third-order valence-corrected chi connectivity index (χ3v) is 6.70. The van der Waals surface area contributed by atoms with Crippen LogP contribution in [0.3, 0.4) is 0 Å². The van der Waals surface area contributed by atoms with E-state index < -0.39 is 11.9 Å². The lowest BCUT2D eigenvalue weighted by atomic mass is 9.68. The van der Waals surface area contributed by atoms with Crippen LogP contribution in [-0.2, 0) is 12.8 Å². The number of para-hydroxylation sites is 2. The van der Waals surface area contributed by atoms with Gasteiger partial charge in [0, 0.05) is 45.1 Å². The van der Waals surface area contributed by atoms with E-state index in [4.69, 9.17) is 9.97 Å². The third kappa shape index (κ3) is 2.51. The Morgan fingerprint density at radius 1 is 0.710 bits per heavy atom. The standard InChI is InChI=1S/C25H18N2O4/c28-24(29)20-14-5-1-3-7-18(14)26-22-13-9-12(10-16(20)22)23-17(11-13)21(25(30)31)15-6-2-4-8-19(15)27-23/h1-8,12-13H,9-11H2,(H,28,29)(H,30,31)/p-2/t12-,13-/m0/s1. The van der Waals surface area contributed by atoms with Crippen LogP contribution in [0.1, 0.15) is 61.5 Å². The molecule has 31 heavy (non-hydrogen) atoms. The summed E-state index contributed by atoms with van der Waals surface area (Å²) < 4.78 is 0. The molecule has 6 rings (SSSR count). The summed E-state index contributed by atoms with van der Waals surface area (Å²) in [6.07, 6.45) is 1.64. The number of pyridine rings is 2. The zero-order chi connectivity index (χ0) is 21.3.